The average Bonchev–Trinajstić information content (AvgIpc) is 2.71. The predicted octanol–water partition coefficient (Wildman–Crippen LogP) is 3.29. The van der Waals surface area contributed by atoms with E-state index in [0.29, 0.717) is 18.0 Å². The van der Waals surface area contributed by atoms with Gasteiger partial charge in [0.1, 0.15) is 0 Å². The van der Waals surface area contributed by atoms with Gasteiger partial charge in [0.05, 0.1) is 11.1 Å². The largest absolute Gasteiger partial charge is 0.352 e. The molecule has 0 saturated carbocycles. The van der Waals surface area contributed by atoms with Gasteiger partial charge in [-0.05, 0) is 50.8 Å². The van der Waals surface area contributed by atoms with E-state index in [1.807, 2.05) is 50.2 Å². The molecule has 1 aliphatic heterocycles. The number of nitrogens with zero attached hydrogens (tertiary/aromatic N) is 4. The van der Waals surface area contributed by atoms with Gasteiger partial charge in [0.15, 0.2) is 0 Å². The number of hydrogen-bond acceptors (Lipinski definition) is 5. The lowest BCUT2D eigenvalue weighted by Crippen LogP contribution is -2.39. The summed E-state index contributed by atoms with van der Waals surface area (Å²) in [6.45, 7) is 6.52. The van der Waals surface area contributed by atoms with Crippen molar-refractivity contribution in [3.05, 3.63) is 59.5 Å². The van der Waals surface area contributed by atoms with E-state index >= 15 is 0 Å². The van der Waals surface area contributed by atoms with E-state index in [1.54, 1.807) is 6.20 Å². The van der Waals surface area contributed by atoms with E-state index in [2.05, 4.69) is 25.2 Å². The molecule has 2 aromatic heterocycles. The van der Waals surface area contributed by atoms with Gasteiger partial charge in [-0.2, -0.15) is 0 Å². The van der Waals surface area contributed by atoms with Crippen molar-refractivity contribution in [3.63, 3.8) is 0 Å². The molecule has 1 saturated heterocycles. The maximum absolute atomic E-state index is 12.7. The van der Waals surface area contributed by atoms with Gasteiger partial charge in [0.2, 0.25) is 5.95 Å². The molecule has 0 aliphatic carbocycles. The molecule has 1 aromatic carbocycles. The van der Waals surface area contributed by atoms with Crippen molar-refractivity contribution in [2.75, 3.05) is 24.5 Å². The summed E-state index contributed by atoms with van der Waals surface area (Å²) in [5, 5.41) is 4.09. The van der Waals surface area contributed by atoms with Crippen LogP contribution in [0.2, 0.25) is 0 Å². The lowest BCUT2D eigenvalue weighted by atomic mass is 9.97. The molecule has 6 heteroatoms. The van der Waals surface area contributed by atoms with Gasteiger partial charge in [-0.1, -0.05) is 18.2 Å². The standard InChI is InChI=1S/C22H25N5O/c1-15-13-16(2)26-22(25-15)27-11-8-17(9-12-27)14-24-21(28)19-7-3-5-18-6-4-10-23-20(18)19/h3-7,10,13,17H,8-9,11-12,14H2,1-2H3,(H,24,28). The molecule has 1 fully saturated rings. The zero-order valence-corrected chi connectivity index (χ0v) is 16.4. The van der Waals surface area contributed by atoms with Crippen molar-refractivity contribution in [1.82, 2.24) is 20.3 Å². The van der Waals surface area contributed by atoms with Crippen molar-refractivity contribution < 1.29 is 4.79 Å². The lowest BCUT2D eigenvalue weighted by molar-refractivity contribution is 0.0946. The fraction of sp³-hybridized carbons (Fsp3) is 0.364. The molecule has 0 unspecified atom stereocenters. The van der Waals surface area contributed by atoms with Crippen LogP contribution in [0, 0.1) is 19.8 Å². The Balaban J connectivity index is 1.34. The molecule has 3 aromatic rings. The van der Waals surface area contributed by atoms with Crippen molar-refractivity contribution in [2.24, 2.45) is 5.92 Å². The molecule has 4 rings (SSSR count). The van der Waals surface area contributed by atoms with E-state index < -0.39 is 0 Å². The van der Waals surface area contributed by atoms with E-state index in [9.17, 15) is 4.79 Å². The SMILES string of the molecule is Cc1cc(C)nc(N2CCC(CNC(=O)c3cccc4cccnc34)CC2)n1. The number of nitrogens with one attached hydrogen (secondary N) is 1. The minimum Gasteiger partial charge on any atom is -0.352 e. The summed E-state index contributed by atoms with van der Waals surface area (Å²) in [5.41, 5.74) is 3.39. The summed E-state index contributed by atoms with van der Waals surface area (Å²) in [6.07, 6.45) is 3.76. The first-order valence-corrected chi connectivity index (χ1v) is 9.79. The van der Waals surface area contributed by atoms with E-state index in [4.69, 9.17) is 0 Å². The Morgan fingerprint density at radius 1 is 1.11 bits per heavy atom. The molecule has 1 aliphatic rings. The van der Waals surface area contributed by atoms with Crippen LogP contribution >= 0.6 is 0 Å². The molecule has 0 bridgehead atoms. The Morgan fingerprint density at radius 2 is 1.82 bits per heavy atom. The van der Waals surface area contributed by atoms with Crippen LogP contribution in [0.15, 0.2) is 42.6 Å². The maximum atomic E-state index is 12.7. The zero-order valence-electron chi connectivity index (χ0n) is 16.4. The van der Waals surface area contributed by atoms with Crippen LogP contribution in [0.5, 0.6) is 0 Å². The van der Waals surface area contributed by atoms with Crippen LogP contribution in [0.1, 0.15) is 34.6 Å². The second kappa shape index (κ2) is 7.92. The van der Waals surface area contributed by atoms with Gasteiger partial charge in [-0.25, -0.2) is 9.97 Å². The lowest BCUT2D eigenvalue weighted by Gasteiger charge is -2.32. The highest BCUT2D eigenvalue weighted by molar-refractivity contribution is 6.05. The molecule has 6 nitrogen and oxygen atoms in total. The van der Waals surface area contributed by atoms with Gasteiger partial charge in [0, 0.05) is 42.6 Å². The first-order valence-electron chi connectivity index (χ1n) is 9.79. The highest BCUT2D eigenvalue weighted by Crippen LogP contribution is 2.21. The van der Waals surface area contributed by atoms with E-state index in [0.717, 1.165) is 54.2 Å². The fourth-order valence-corrected chi connectivity index (χ4v) is 3.81. The monoisotopic (exact) mass is 375 g/mol. The van der Waals surface area contributed by atoms with Gasteiger partial charge in [-0.3, -0.25) is 9.78 Å². The number of anilines is 1. The van der Waals surface area contributed by atoms with Crippen LogP contribution in [0.3, 0.4) is 0 Å². The summed E-state index contributed by atoms with van der Waals surface area (Å²) >= 11 is 0. The number of benzene rings is 1. The van der Waals surface area contributed by atoms with Crippen LogP contribution in [-0.2, 0) is 0 Å². The number of carbonyl (C=O) groups is 1. The third-order valence-corrected chi connectivity index (χ3v) is 5.30. The number of carbonyl (C=O) groups excluding carboxylic acids is 1. The molecule has 0 atom stereocenters. The second-order valence-electron chi connectivity index (χ2n) is 7.47. The number of pyridine rings is 1. The first kappa shape index (κ1) is 18.3. The Bertz CT molecular complexity index is 970. The van der Waals surface area contributed by atoms with Crippen LogP contribution < -0.4 is 10.2 Å². The zero-order chi connectivity index (χ0) is 19.5. The Hall–Kier alpha value is -3.02. The molecule has 0 spiro atoms. The Morgan fingerprint density at radius 3 is 2.57 bits per heavy atom. The summed E-state index contributed by atoms with van der Waals surface area (Å²) in [7, 11) is 0. The summed E-state index contributed by atoms with van der Waals surface area (Å²) in [6, 6.07) is 11.6. The molecule has 144 valence electrons. The van der Waals surface area contributed by atoms with Gasteiger partial charge < -0.3 is 10.2 Å². The number of piperidine rings is 1. The quantitative estimate of drug-likeness (QED) is 0.758. The second-order valence-corrected chi connectivity index (χ2v) is 7.47. The number of rotatable bonds is 4. The van der Waals surface area contributed by atoms with Crippen molar-refractivity contribution in [1.29, 1.82) is 0 Å². The molecule has 28 heavy (non-hydrogen) atoms. The number of amides is 1. The van der Waals surface area contributed by atoms with Crippen LogP contribution in [0.4, 0.5) is 5.95 Å². The first-order chi connectivity index (χ1) is 13.6. The summed E-state index contributed by atoms with van der Waals surface area (Å²) in [4.78, 5) is 28.4. The topological polar surface area (TPSA) is 71.0 Å². The smallest absolute Gasteiger partial charge is 0.253 e. The third-order valence-electron chi connectivity index (χ3n) is 5.30. The minimum atomic E-state index is -0.0515. The van der Waals surface area contributed by atoms with Crippen molar-refractivity contribution >= 4 is 22.8 Å². The average molecular weight is 375 g/mol. The number of para-hydroxylation sites is 1. The number of fused-ring (bicyclic) bond motifs is 1. The third kappa shape index (κ3) is 3.96. The molecular weight excluding hydrogens is 350 g/mol. The number of aromatic nitrogens is 3. The molecule has 0 radical (unpaired) electrons. The Kier molecular flexibility index (Phi) is 5.19. The number of hydrogen-bond donors (Lipinski definition) is 1. The van der Waals surface area contributed by atoms with Gasteiger partial charge in [-0.15, -0.1) is 0 Å². The van der Waals surface area contributed by atoms with E-state index in [1.165, 1.54) is 0 Å². The van der Waals surface area contributed by atoms with Crippen molar-refractivity contribution in [2.45, 2.75) is 26.7 Å². The molecule has 1 amide bonds. The normalized spacial score (nSPS) is 15.0. The molecule has 3 heterocycles. The fourth-order valence-electron chi connectivity index (χ4n) is 3.81. The Labute approximate surface area is 165 Å². The number of aryl methyl sites for hydroxylation is 2. The molecule has 1 N–H and O–H groups in total. The summed E-state index contributed by atoms with van der Waals surface area (Å²) < 4.78 is 0. The highest BCUT2D eigenvalue weighted by Gasteiger charge is 2.22. The van der Waals surface area contributed by atoms with E-state index in [-0.39, 0.29) is 5.91 Å². The highest BCUT2D eigenvalue weighted by atomic mass is 16.1. The summed E-state index contributed by atoms with van der Waals surface area (Å²) in [5.74, 6) is 1.24. The van der Waals surface area contributed by atoms with Gasteiger partial charge >= 0.3 is 0 Å². The van der Waals surface area contributed by atoms with Crippen molar-refractivity contribution in [3.8, 4) is 0 Å². The minimum absolute atomic E-state index is 0.0515. The van der Waals surface area contributed by atoms with Crippen LogP contribution in [0.25, 0.3) is 10.9 Å². The maximum Gasteiger partial charge on any atom is 0.253 e. The van der Waals surface area contributed by atoms with Crippen LogP contribution in [-0.4, -0.2) is 40.5 Å². The predicted molar refractivity (Wildman–Crippen MR) is 111 cm³/mol. The van der Waals surface area contributed by atoms with Gasteiger partial charge in [0.25, 0.3) is 5.91 Å². The molecular formula is C22H25N5O.